The smallest absolute Gasteiger partial charge is 0.330 e. The zero-order chi connectivity index (χ0) is 15.7. The van der Waals surface area contributed by atoms with Crippen molar-refractivity contribution in [1.82, 2.24) is 5.32 Å². The largest absolute Gasteiger partial charge is 0.467 e. The molecule has 6 heteroatoms. The molecule has 2 unspecified atom stereocenters. The minimum Gasteiger partial charge on any atom is -0.467 e. The number of aliphatic hydroxyl groups is 2. The summed E-state index contributed by atoms with van der Waals surface area (Å²) in [4.78, 5) is 12.3. The average molecular weight is 313 g/mol. The van der Waals surface area contributed by atoms with Gasteiger partial charge in [-0.05, 0) is 24.8 Å². The Labute approximate surface area is 129 Å². The predicted molar refractivity (Wildman–Crippen MR) is 84.2 cm³/mol. The Morgan fingerprint density at radius 3 is 2.62 bits per heavy atom. The van der Waals surface area contributed by atoms with Crippen molar-refractivity contribution in [3.05, 3.63) is 35.9 Å². The molecule has 1 aromatic rings. The lowest BCUT2D eigenvalue weighted by Gasteiger charge is -2.31. The molecule has 0 aromatic heterocycles. The Kier molecular flexibility index (Phi) is 7.74. The summed E-state index contributed by atoms with van der Waals surface area (Å²) in [5, 5.41) is 21.2. The molecule has 0 radical (unpaired) electrons. The van der Waals surface area contributed by atoms with Crippen molar-refractivity contribution in [2.75, 3.05) is 32.3 Å². The fraction of sp³-hybridized carbons (Fsp3) is 0.533. The van der Waals surface area contributed by atoms with Gasteiger partial charge in [0.25, 0.3) is 0 Å². The van der Waals surface area contributed by atoms with Crippen LogP contribution in [-0.2, 0) is 15.1 Å². The summed E-state index contributed by atoms with van der Waals surface area (Å²) in [6, 6.07) is 9.44. The lowest BCUT2D eigenvalue weighted by molar-refractivity contribution is -0.149. The number of carbonyl (C=O) groups excluding carboxylic acids is 1. The molecule has 118 valence electrons. The first-order chi connectivity index (χ1) is 10.1. The zero-order valence-corrected chi connectivity index (χ0v) is 13.2. The van der Waals surface area contributed by atoms with Gasteiger partial charge in [0.05, 0.1) is 19.8 Å². The summed E-state index contributed by atoms with van der Waals surface area (Å²) < 4.78 is 4.96. The van der Waals surface area contributed by atoms with Crippen LogP contribution in [0.2, 0.25) is 0 Å². The maximum absolute atomic E-state index is 12.3. The van der Waals surface area contributed by atoms with Gasteiger partial charge < -0.3 is 20.3 Å². The molecule has 0 bridgehead atoms. The average Bonchev–Trinajstić information content (AvgIpc) is 2.55. The molecule has 0 aliphatic rings. The van der Waals surface area contributed by atoms with E-state index in [4.69, 9.17) is 9.84 Å². The number of aliphatic hydroxyl groups excluding tert-OH is 2. The third kappa shape index (κ3) is 4.71. The monoisotopic (exact) mass is 313 g/mol. The van der Waals surface area contributed by atoms with Crippen LogP contribution in [-0.4, -0.2) is 54.6 Å². The van der Waals surface area contributed by atoms with Crippen LogP contribution < -0.4 is 5.32 Å². The van der Waals surface area contributed by atoms with Crippen LogP contribution in [0, 0.1) is 0 Å². The number of ether oxygens (including phenoxy) is 1. The van der Waals surface area contributed by atoms with E-state index in [-0.39, 0.29) is 12.6 Å². The number of carbonyl (C=O) groups is 1. The van der Waals surface area contributed by atoms with Crippen molar-refractivity contribution in [2.24, 2.45) is 0 Å². The number of hydrogen-bond donors (Lipinski definition) is 3. The maximum Gasteiger partial charge on any atom is 0.330 e. The quantitative estimate of drug-likeness (QED) is 0.461. The molecule has 0 aliphatic carbocycles. The molecular formula is C15H23NO4S. The second-order valence-electron chi connectivity index (χ2n) is 4.67. The summed E-state index contributed by atoms with van der Waals surface area (Å²) in [6.07, 6.45) is -0.197. The molecule has 21 heavy (non-hydrogen) atoms. The van der Waals surface area contributed by atoms with E-state index in [1.807, 2.05) is 30.3 Å². The van der Waals surface area contributed by atoms with Crippen molar-refractivity contribution < 1.29 is 19.7 Å². The van der Waals surface area contributed by atoms with Crippen molar-refractivity contribution in [2.45, 2.75) is 18.1 Å². The Morgan fingerprint density at radius 2 is 2.10 bits per heavy atom. The van der Waals surface area contributed by atoms with Gasteiger partial charge in [0.15, 0.2) is 0 Å². The number of rotatable bonds is 9. The number of thioether (sulfide) groups is 1. The predicted octanol–water partition coefficient (Wildman–Crippen LogP) is 0.751. The van der Waals surface area contributed by atoms with Crippen molar-refractivity contribution in [3.8, 4) is 0 Å². The van der Waals surface area contributed by atoms with Crippen LogP contribution in [0.25, 0.3) is 0 Å². The Bertz CT molecular complexity index is 429. The van der Waals surface area contributed by atoms with Crippen LogP contribution in [0.15, 0.2) is 30.3 Å². The van der Waals surface area contributed by atoms with Crippen molar-refractivity contribution in [1.29, 1.82) is 0 Å². The molecule has 2 atom stereocenters. The minimum absolute atomic E-state index is 0.250. The van der Waals surface area contributed by atoms with Gasteiger partial charge in [-0.25, -0.2) is 4.79 Å². The Hall–Kier alpha value is -1.08. The normalized spacial score (nSPS) is 15.2. The van der Waals surface area contributed by atoms with Gasteiger partial charge in [0.2, 0.25) is 0 Å². The summed E-state index contributed by atoms with van der Waals surface area (Å²) >= 11 is 1.49. The number of benzene rings is 1. The number of nitrogens with one attached hydrogen (secondary N) is 1. The Morgan fingerprint density at radius 1 is 1.43 bits per heavy atom. The molecular weight excluding hydrogens is 290 g/mol. The summed E-state index contributed by atoms with van der Waals surface area (Å²) in [5.41, 5.74) is -0.0460. The molecule has 0 heterocycles. The molecule has 0 saturated carbocycles. The Balaban J connectivity index is 2.80. The lowest BCUT2D eigenvalue weighted by Crippen LogP contribution is -2.48. The second-order valence-corrected chi connectivity index (χ2v) is 5.82. The van der Waals surface area contributed by atoms with Crippen molar-refractivity contribution >= 4 is 17.7 Å². The maximum atomic E-state index is 12.3. The summed E-state index contributed by atoms with van der Waals surface area (Å²) in [5.74, 6) is 0.758. The van der Waals surface area contributed by atoms with E-state index < -0.39 is 11.6 Å². The van der Waals surface area contributed by atoms with Crippen LogP contribution >= 0.6 is 11.8 Å². The molecule has 0 saturated heterocycles. The van der Waals surface area contributed by atoms with Gasteiger partial charge in [0.1, 0.15) is 5.54 Å². The minimum atomic E-state index is -0.896. The van der Waals surface area contributed by atoms with Crippen LogP contribution in [0.3, 0.4) is 0 Å². The van der Waals surface area contributed by atoms with E-state index >= 15 is 0 Å². The van der Waals surface area contributed by atoms with Gasteiger partial charge in [-0.2, -0.15) is 11.8 Å². The number of hydrogen-bond acceptors (Lipinski definition) is 6. The first-order valence-corrected chi connectivity index (χ1v) is 7.95. The highest BCUT2D eigenvalue weighted by molar-refractivity contribution is 7.99. The highest BCUT2D eigenvalue weighted by Gasteiger charge is 2.39. The first kappa shape index (κ1) is 18.0. The molecule has 1 aromatic carbocycles. The number of methoxy groups -OCH3 is 1. The number of likely N-dealkylation sites (N-methyl/N-ethyl adjacent to an activating group) is 1. The van der Waals surface area contributed by atoms with Crippen LogP contribution in [0.4, 0.5) is 0 Å². The highest BCUT2D eigenvalue weighted by Crippen LogP contribution is 2.28. The van der Waals surface area contributed by atoms with Gasteiger partial charge in [-0.3, -0.25) is 0 Å². The lowest BCUT2D eigenvalue weighted by atomic mass is 9.87. The van der Waals surface area contributed by atoms with E-state index in [2.05, 4.69) is 5.32 Å². The van der Waals surface area contributed by atoms with Gasteiger partial charge in [0, 0.05) is 5.75 Å². The highest BCUT2D eigenvalue weighted by atomic mass is 32.2. The molecule has 0 aliphatic heterocycles. The molecule has 0 amide bonds. The van der Waals surface area contributed by atoms with Crippen molar-refractivity contribution in [3.63, 3.8) is 0 Å². The standard InChI is InChI=1S/C15H23NO4S/c1-16-15(14(19)20-2,12-6-4-3-5-7-12)8-9-21-11-13(18)10-17/h3-7,13,16-18H,8-11H2,1-2H3. The fourth-order valence-corrected chi connectivity index (χ4v) is 3.12. The van der Waals surface area contributed by atoms with E-state index in [0.717, 1.165) is 5.56 Å². The van der Waals surface area contributed by atoms with E-state index in [0.29, 0.717) is 17.9 Å². The summed E-state index contributed by atoms with van der Waals surface area (Å²) in [7, 11) is 3.11. The SMILES string of the molecule is CNC(CCSCC(O)CO)(C(=O)OC)c1ccccc1. The topological polar surface area (TPSA) is 78.8 Å². The van der Waals surface area contributed by atoms with Gasteiger partial charge in [-0.1, -0.05) is 30.3 Å². The molecule has 0 fully saturated rings. The molecule has 1 rings (SSSR count). The molecule has 3 N–H and O–H groups in total. The van der Waals surface area contributed by atoms with E-state index in [1.165, 1.54) is 18.9 Å². The van der Waals surface area contributed by atoms with Crippen LogP contribution in [0.1, 0.15) is 12.0 Å². The fourth-order valence-electron chi connectivity index (χ4n) is 2.13. The van der Waals surface area contributed by atoms with Crippen LogP contribution in [0.5, 0.6) is 0 Å². The summed E-state index contributed by atoms with van der Waals surface area (Å²) in [6.45, 7) is -0.250. The molecule has 0 spiro atoms. The van der Waals surface area contributed by atoms with Gasteiger partial charge >= 0.3 is 5.97 Å². The third-order valence-electron chi connectivity index (χ3n) is 3.37. The van der Waals surface area contributed by atoms with E-state index in [9.17, 15) is 9.90 Å². The van der Waals surface area contributed by atoms with E-state index in [1.54, 1.807) is 7.05 Å². The second kappa shape index (κ2) is 9.04. The first-order valence-electron chi connectivity index (χ1n) is 6.80. The zero-order valence-electron chi connectivity index (χ0n) is 12.4. The third-order valence-corrected chi connectivity index (χ3v) is 4.48. The molecule has 5 nitrogen and oxygen atoms in total. The van der Waals surface area contributed by atoms with Gasteiger partial charge in [-0.15, -0.1) is 0 Å². The number of esters is 1.